The van der Waals surface area contributed by atoms with Crippen LogP contribution in [0.3, 0.4) is 0 Å². The molecular formula is C43H62O3. The van der Waals surface area contributed by atoms with Crippen LogP contribution in [0, 0.1) is 0 Å². The van der Waals surface area contributed by atoms with E-state index < -0.39 is 5.97 Å². The molecule has 0 heterocycles. The number of phenolic OH excluding ortho intramolecular Hbond substituents is 1. The fourth-order valence-corrected chi connectivity index (χ4v) is 6.44. The maximum atomic E-state index is 12.0. The number of benzene rings is 3. The highest BCUT2D eigenvalue weighted by molar-refractivity contribution is 5.88. The predicted octanol–water partition coefficient (Wildman–Crippen LogP) is 11.4. The molecule has 0 aliphatic heterocycles. The van der Waals surface area contributed by atoms with Crippen LogP contribution < -0.4 is 0 Å². The van der Waals surface area contributed by atoms with Crippen molar-refractivity contribution in [3.63, 3.8) is 0 Å². The molecule has 0 saturated carbocycles. The van der Waals surface area contributed by atoms with E-state index in [1.807, 2.05) is 0 Å². The summed E-state index contributed by atoms with van der Waals surface area (Å²) in [5.74, 6) is -0.662. The molecule has 252 valence electrons. The number of carboxylic acid groups (broad SMARTS) is 1. The summed E-state index contributed by atoms with van der Waals surface area (Å²) < 4.78 is 0. The van der Waals surface area contributed by atoms with Crippen LogP contribution in [0.15, 0.2) is 48.5 Å². The van der Waals surface area contributed by atoms with Crippen LogP contribution in [-0.2, 0) is 47.3 Å². The molecule has 0 spiro atoms. The van der Waals surface area contributed by atoms with Crippen LogP contribution in [-0.4, -0.2) is 16.2 Å². The summed E-state index contributed by atoms with van der Waals surface area (Å²) in [7, 11) is 0. The Balaban J connectivity index is 1.69. The lowest BCUT2D eigenvalue weighted by molar-refractivity contribution is 0.0696. The zero-order chi connectivity index (χ0) is 34.7. The van der Waals surface area contributed by atoms with Gasteiger partial charge in [0.1, 0.15) is 5.75 Å². The molecular weight excluding hydrogens is 564 g/mol. The minimum atomic E-state index is -0.940. The van der Waals surface area contributed by atoms with E-state index in [1.165, 1.54) is 33.4 Å². The molecule has 0 aromatic heterocycles. The SMILES string of the molecule is CC(C)(C)c1ccc(CCCCc2cc(C(=O)O)cc(CCCCc3ccc(C(C)(C)C)cc3C(C)(C)C)c2O)c(C(C)(C)C)c1. The minimum absolute atomic E-state index is 0.0593. The van der Waals surface area contributed by atoms with Crippen molar-refractivity contribution in [3.05, 3.63) is 98.6 Å². The zero-order valence-corrected chi connectivity index (χ0v) is 31.1. The van der Waals surface area contributed by atoms with Gasteiger partial charge in [-0.15, -0.1) is 0 Å². The summed E-state index contributed by atoms with van der Waals surface area (Å²) in [6.45, 7) is 27.2. The molecule has 3 nitrogen and oxygen atoms in total. The van der Waals surface area contributed by atoms with Crippen LogP contribution in [0.5, 0.6) is 5.75 Å². The van der Waals surface area contributed by atoms with Gasteiger partial charge in [-0.3, -0.25) is 0 Å². The molecule has 0 aliphatic rings. The summed E-state index contributed by atoms with van der Waals surface area (Å²) >= 11 is 0. The number of unbranched alkanes of at least 4 members (excludes halogenated alkanes) is 2. The Morgan fingerprint density at radius 1 is 0.500 bits per heavy atom. The first-order valence-electron chi connectivity index (χ1n) is 17.4. The van der Waals surface area contributed by atoms with Crippen molar-refractivity contribution in [2.75, 3.05) is 0 Å². The third kappa shape index (κ3) is 9.96. The Morgan fingerprint density at radius 2 is 0.826 bits per heavy atom. The van der Waals surface area contributed by atoms with E-state index >= 15 is 0 Å². The molecule has 3 heteroatoms. The standard InChI is InChI=1S/C43H62O3/c1-40(2,3)34-23-21-29(36(27-34)42(7,8)9)17-13-15-19-31-25-33(39(45)46)26-32(38(31)44)20-16-14-18-30-22-24-35(41(4,5)6)28-37(30)43(10,11)12/h21-28,44H,13-20H2,1-12H3,(H,45,46). The van der Waals surface area contributed by atoms with Crippen LogP contribution in [0.4, 0.5) is 0 Å². The van der Waals surface area contributed by atoms with Gasteiger partial charge in [0.25, 0.3) is 0 Å². The highest BCUT2D eigenvalue weighted by Gasteiger charge is 2.24. The van der Waals surface area contributed by atoms with Gasteiger partial charge in [0, 0.05) is 0 Å². The average molecular weight is 627 g/mol. The first-order valence-corrected chi connectivity index (χ1v) is 17.4. The molecule has 0 amide bonds. The fourth-order valence-electron chi connectivity index (χ4n) is 6.44. The third-order valence-corrected chi connectivity index (χ3v) is 9.37. The molecule has 46 heavy (non-hydrogen) atoms. The number of aromatic carboxylic acids is 1. The van der Waals surface area contributed by atoms with Crippen molar-refractivity contribution >= 4 is 5.97 Å². The van der Waals surface area contributed by atoms with E-state index in [0.717, 1.165) is 49.7 Å². The van der Waals surface area contributed by atoms with Crippen LogP contribution in [0.2, 0.25) is 0 Å². The van der Waals surface area contributed by atoms with Crippen LogP contribution in [0.1, 0.15) is 164 Å². The lowest BCUT2D eigenvalue weighted by Gasteiger charge is -2.27. The fraction of sp³-hybridized carbons (Fsp3) is 0.558. The molecule has 0 aliphatic carbocycles. The van der Waals surface area contributed by atoms with Crippen LogP contribution >= 0.6 is 0 Å². The number of hydrogen-bond acceptors (Lipinski definition) is 2. The predicted molar refractivity (Wildman–Crippen MR) is 196 cm³/mol. The summed E-state index contributed by atoms with van der Waals surface area (Å²) in [6, 6.07) is 17.2. The molecule has 3 aromatic rings. The van der Waals surface area contributed by atoms with Gasteiger partial charge in [-0.25, -0.2) is 4.79 Å². The van der Waals surface area contributed by atoms with Crippen LogP contribution in [0.25, 0.3) is 0 Å². The van der Waals surface area contributed by atoms with Gasteiger partial charge in [-0.1, -0.05) is 119 Å². The van der Waals surface area contributed by atoms with Crippen molar-refractivity contribution in [1.82, 2.24) is 0 Å². The number of carbonyl (C=O) groups is 1. The molecule has 0 radical (unpaired) electrons. The zero-order valence-electron chi connectivity index (χ0n) is 31.1. The van der Waals surface area contributed by atoms with Gasteiger partial charge >= 0.3 is 5.97 Å². The maximum Gasteiger partial charge on any atom is 0.335 e. The van der Waals surface area contributed by atoms with Crippen molar-refractivity contribution in [3.8, 4) is 5.75 Å². The van der Waals surface area contributed by atoms with Crippen molar-refractivity contribution in [2.45, 2.75) is 156 Å². The number of phenols is 1. The van der Waals surface area contributed by atoms with E-state index in [2.05, 4.69) is 119 Å². The molecule has 0 bridgehead atoms. The Bertz CT molecular complexity index is 1390. The Kier molecular flexibility index (Phi) is 11.7. The summed E-state index contributed by atoms with van der Waals surface area (Å²) in [6.07, 6.45) is 7.01. The number of aryl methyl sites for hydroxylation is 4. The van der Waals surface area contributed by atoms with E-state index in [0.29, 0.717) is 12.8 Å². The summed E-state index contributed by atoms with van der Waals surface area (Å²) in [5, 5.41) is 21.1. The van der Waals surface area contributed by atoms with Crippen molar-refractivity contribution < 1.29 is 15.0 Å². The monoisotopic (exact) mass is 626 g/mol. The van der Waals surface area contributed by atoms with E-state index in [9.17, 15) is 15.0 Å². The summed E-state index contributed by atoms with van der Waals surface area (Å²) in [4.78, 5) is 12.0. The molecule has 2 N–H and O–H groups in total. The van der Waals surface area contributed by atoms with Crippen molar-refractivity contribution in [1.29, 1.82) is 0 Å². The normalized spacial score (nSPS) is 12.9. The average Bonchev–Trinajstić information content (AvgIpc) is 2.92. The first-order chi connectivity index (χ1) is 21.1. The van der Waals surface area contributed by atoms with E-state index in [4.69, 9.17) is 0 Å². The summed E-state index contributed by atoms with van der Waals surface area (Å²) in [5.41, 5.74) is 10.4. The molecule has 0 saturated heterocycles. The lowest BCUT2D eigenvalue weighted by atomic mass is 9.77. The third-order valence-electron chi connectivity index (χ3n) is 9.37. The maximum absolute atomic E-state index is 12.0. The van der Waals surface area contributed by atoms with E-state index in [-0.39, 0.29) is 33.0 Å². The van der Waals surface area contributed by atoms with Crippen molar-refractivity contribution in [2.24, 2.45) is 0 Å². The molecule has 0 fully saturated rings. The molecule has 3 rings (SSSR count). The molecule has 3 aromatic carbocycles. The number of rotatable bonds is 11. The smallest absolute Gasteiger partial charge is 0.335 e. The Hall–Kier alpha value is -3.07. The second kappa shape index (κ2) is 14.4. The van der Waals surface area contributed by atoms with Gasteiger partial charge in [0.05, 0.1) is 5.56 Å². The van der Waals surface area contributed by atoms with Gasteiger partial charge < -0.3 is 10.2 Å². The van der Waals surface area contributed by atoms with Gasteiger partial charge in [0.2, 0.25) is 0 Å². The van der Waals surface area contributed by atoms with Gasteiger partial charge in [-0.2, -0.15) is 0 Å². The van der Waals surface area contributed by atoms with Gasteiger partial charge in [0.15, 0.2) is 0 Å². The highest BCUT2D eigenvalue weighted by atomic mass is 16.4. The highest BCUT2D eigenvalue weighted by Crippen LogP contribution is 2.35. The number of hydrogen-bond donors (Lipinski definition) is 2. The molecule has 0 unspecified atom stereocenters. The Labute approximate surface area is 280 Å². The minimum Gasteiger partial charge on any atom is -0.507 e. The quantitative estimate of drug-likeness (QED) is 0.208. The van der Waals surface area contributed by atoms with E-state index in [1.54, 1.807) is 12.1 Å². The molecule has 0 atom stereocenters. The number of carboxylic acids is 1. The lowest BCUT2D eigenvalue weighted by Crippen LogP contribution is -2.18. The Morgan fingerprint density at radius 3 is 1.11 bits per heavy atom. The largest absolute Gasteiger partial charge is 0.507 e. The number of aromatic hydroxyl groups is 1. The van der Waals surface area contributed by atoms with Gasteiger partial charge in [-0.05, 0) is 130 Å². The second-order valence-corrected chi connectivity index (χ2v) is 17.6. The second-order valence-electron chi connectivity index (χ2n) is 17.6. The first kappa shape index (κ1) is 37.4. The topological polar surface area (TPSA) is 57.5 Å².